The fourth-order valence-electron chi connectivity index (χ4n) is 1.32. The van der Waals surface area contributed by atoms with E-state index in [0.29, 0.717) is 6.42 Å². The number of hydrogen-bond acceptors (Lipinski definition) is 2. The number of carbonyl (C=O) groups excluding carboxylic acids is 1. The molecule has 1 N–H and O–H groups in total. The molecule has 0 radical (unpaired) electrons. The van der Waals surface area contributed by atoms with Gasteiger partial charge >= 0.3 is 6.18 Å². The zero-order valence-electron chi connectivity index (χ0n) is 10.1. The number of halogens is 4. The molecule has 0 saturated carbocycles. The van der Waals surface area contributed by atoms with Crippen LogP contribution >= 0.6 is 15.9 Å². The van der Waals surface area contributed by atoms with E-state index in [-0.39, 0.29) is 16.2 Å². The van der Waals surface area contributed by atoms with Crippen molar-refractivity contribution >= 4 is 21.8 Å². The summed E-state index contributed by atoms with van der Waals surface area (Å²) in [5, 5.41) is 5.91. The van der Waals surface area contributed by atoms with Crippen LogP contribution in [0, 0.1) is 0 Å². The zero-order chi connectivity index (χ0) is 14.1. The quantitative estimate of drug-likeness (QED) is 0.927. The van der Waals surface area contributed by atoms with E-state index in [1.165, 1.54) is 7.05 Å². The van der Waals surface area contributed by atoms with Crippen molar-refractivity contribution in [1.29, 1.82) is 0 Å². The first-order valence-corrected chi connectivity index (χ1v) is 6.08. The molecular formula is C10H13BrF3N3O. The maximum atomic E-state index is 12.6. The Bertz CT molecular complexity index is 456. The van der Waals surface area contributed by atoms with E-state index >= 15 is 0 Å². The second-order valence-corrected chi connectivity index (χ2v) is 4.71. The molecule has 0 aliphatic carbocycles. The highest BCUT2D eigenvalue weighted by atomic mass is 79.9. The predicted molar refractivity (Wildman–Crippen MR) is 63.1 cm³/mol. The van der Waals surface area contributed by atoms with E-state index in [2.05, 4.69) is 26.3 Å². The van der Waals surface area contributed by atoms with E-state index in [0.717, 1.165) is 4.68 Å². The van der Waals surface area contributed by atoms with Crippen LogP contribution in [0.5, 0.6) is 0 Å². The van der Waals surface area contributed by atoms with Crippen molar-refractivity contribution in [3.05, 3.63) is 15.9 Å². The normalized spacial score (nSPS) is 13.5. The van der Waals surface area contributed by atoms with Gasteiger partial charge in [0.05, 0.1) is 4.47 Å². The summed E-state index contributed by atoms with van der Waals surface area (Å²) in [6.07, 6.45) is -3.90. The molecule has 1 heterocycles. The van der Waals surface area contributed by atoms with Crippen molar-refractivity contribution in [2.75, 3.05) is 0 Å². The average molecular weight is 328 g/mol. The molecule has 102 valence electrons. The number of nitrogens with zero attached hydrogens (tertiary/aromatic N) is 2. The number of aryl methyl sites for hydroxylation is 1. The Morgan fingerprint density at radius 1 is 1.56 bits per heavy atom. The van der Waals surface area contributed by atoms with Crippen LogP contribution in [0.15, 0.2) is 4.47 Å². The Hall–Kier alpha value is -1.05. The molecule has 1 aromatic heterocycles. The maximum absolute atomic E-state index is 12.6. The Balaban J connectivity index is 3.11. The van der Waals surface area contributed by atoms with Crippen LogP contribution in [0.2, 0.25) is 0 Å². The molecule has 1 rings (SSSR count). The molecule has 18 heavy (non-hydrogen) atoms. The third-order valence-corrected chi connectivity index (χ3v) is 3.21. The van der Waals surface area contributed by atoms with Crippen LogP contribution in [0.25, 0.3) is 0 Å². The maximum Gasteiger partial charge on any atom is 0.436 e. The van der Waals surface area contributed by atoms with Gasteiger partial charge in [-0.3, -0.25) is 9.48 Å². The molecule has 0 aliphatic rings. The van der Waals surface area contributed by atoms with Gasteiger partial charge in [-0.25, -0.2) is 0 Å². The van der Waals surface area contributed by atoms with E-state index < -0.39 is 17.8 Å². The summed E-state index contributed by atoms with van der Waals surface area (Å²) in [6.45, 7) is 3.64. The molecule has 0 aliphatic heterocycles. The first-order valence-electron chi connectivity index (χ1n) is 5.29. The van der Waals surface area contributed by atoms with Gasteiger partial charge in [-0.1, -0.05) is 6.92 Å². The predicted octanol–water partition coefficient (Wildman–Crippen LogP) is 2.73. The highest BCUT2D eigenvalue weighted by Gasteiger charge is 2.39. The van der Waals surface area contributed by atoms with Gasteiger partial charge in [0.15, 0.2) is 5.69 Å². The molecule has 0 spiro atoms. The summed E-state index contributed by atoms with van der Waals surface area (Å²) in [4.78, 5) is 11.8. The average Bonchev–Trinajstić information content (AvgIpc) is 2.53. The van der Waals surface area contributed by atoms with Gasteiger partial charge in [-0.2, -0.15) is 18.3 Å². The van der Waals surface area contributed by atoms with E-state index in [1.807, 2.05) is 6.92 Å². The summed E-state index contributed by atoms with van der Waals surface area (Å²) >= 11 is 2.79. The molecule has 0 fully saturated rings. The van der Waals surface area contributed by atoms with Gasteiger partial charge in [0, 0.05) is 13.1 Å². The molecule has 8 heteroatoms. The van der Waals surface area contributed by atoms with Gasteiger partial charge in [-0.05, 0) is 29.3 Å². The largest absolute Gasteiger partial charge is 0.436 e. The summed E-state index contributed by atoms with van der Waals surface area (Å²) in [5.41, 5.74) is -1.23. The number of nitrogens with one attached hydrogen (secondary N) is 1. The Morgan fingerprint density at radius 3 is 2.50 bits per heavy atom. The Kier molecular flexibility index (Phi) is 4.41. The Morgan fingerprint density at radius 2 is 2.11 bits per heavy atom. The number of rotatable bonds is 3. The van der Waals surface area contributed by atoms with E-state index in [4.69, 9.17) is 0 Å². The van der Waals surface area contributed by atoms with E-state index in [1.54, 1.807) is 6.92 Å². The fraction of sp³-hybridized carbons (Fsp3) is 0.600. The van der Waals surface area contributed by atoms with Crippen molar-refractivity contribution in [2.24, 2.45) is 7.05 Å². The Labute approximate surface area is 111 Å². The summed E-state index contributed by atoms with van der Waals surface area (Å²) in [7, 11) is 1.30. The lowest BCUT2D eigenvalue weighted by Crippen LogP contribution is -2.33. The first-order chi connectivity index (χ1) is 8.18. The van der Waals surface area contributed by atoms with Crippen molar-refractivity contribution in [3.8, 4) is 0 Å². The molecule has 1 atom stereocenters. The van der Waals surface area contributed by atoms with E-state index in [9.17, 15) is 18.0 Å². The van der Waals surface area contributed by atoms with Crippen LogP contribution in [0.3, 0.4) is 0 Å². The summed E-state index contributed by atoms with van der Waals surface area (Å²) in [6, 6.07) is -0.117. The van der Waals surface area contributed by atoms with Crippen LogP contribution in [0.4, 0.5) is 13.2 Å². The molecule has 0 aromatic carbocycles. The van der Waals surface area contributed by atoms with Crippen LogP contribution < -0.4 is 5.32 Å². The number of carbonyl (C=O) groups is 1. The van der Waals surface area contributed by atoms with Crippen LogP contribution in [-0.2, 0) is 13.2 Å². The molecule has 0 bridgehead atoms. The van der Waals surface area contributed by atoms with Gasteiger partial charge in [0.25, 0.3) is 5.91 Å². The summed E-state index contributed by atoms with van der Waals surface area (Å²) in [5.74, 6) is -0.582. The molecular weight excluding hydrogens is 315 g/mol. The second-order valence-electron chi connectivity index (χ2n) is 3.92. The van der Waals surface area contributed by atoms with Gasteiger partial charge in [0.2, 0.25) is 0 Å². The molecule has 0 saturated heterocycles. The van der Waals surface area contributed by atoms with Gasteiger partial charge < -0.3 is 5.32 Å². The fourth-order valence-corrected chi connectivity index (χ4v) is 2.06. The van der Waals surface area contributed by atoms with Crippen molar-refractivity contribution in [3.63, 3.8) is 0 Å². The van der Waals surface area contributed by atoms with Crippen LogP contribution in [-0.4, -0.2) is 21.7 Å². The SMILES string of the molecule is CCC(C)NC(=O)c1c(Br)c(C(F)(F)F)nn1C. The van der Waals surface area contributed by atoms with Gasteiger partial charge in [0.1, 0.15) is 5.69 Å². The standard InChI is InChI=1S/C10H13BrF3N3O/c1-4-5(2)15-9(18)7-6(11)8(10(12,13)14)16-17(7)3/h5H,4H2,1-3H3,(H,15,18). The smallest absolute Gasteiger partial charge is 0.348 e. The topological polar surface area (TPSA) is 46.9 Å². The van der Waals surface area contributed by atoms with Crippen LogP contribution in [0.1, 0.15) is 36.5 Å². The number of amides is 1. The molecule has 4 nitrogen and oxygen atoms in total. The summed E-state index contributed by atoms with van der Waals surface area (Å²) < 4.78 is 38.4. The second kappa shape index (κ2) is 5.29. The number of hydrogen-bond donors (Lipinski definition) is 1. The highest BCUT2D eigenvalue weighted by Crippen LogP contribution is 2.35. The molecule has 1 aromatic rings. The monoisotopic (exact) mass is 327 g/mol. The third kappa shape index (κ3) is 3.04. The lowest BCUT2D eigenvalue weighted by atomic mass is 10.2. The highest BCUT2D eigenvalue weighted by molar-refractivity contribution is 9.10. The third-order valence-electron chi connectivity index (χ3n) is 2.46. The minimum atomic E-state index is -4.59. The minimum absolute atomic E-state index is 0.117. The number of alkyl halides is 3. The van der Waals surface area contributed by atoms with Crippen molar-refractivity contribution in [1.82, 2.24) is 15.1 Å². The first kappa shape index (κ1) is 15.0. The van der Waals surface area contributed by atoms with Gasteiger partial charge in [-0.15, -0.1) is 0 Å². The molecule has 1 amide bonds. The number of aromatic nitrogens is 2. The zero-order valence-corrected chi connectivity index (χ0v) is 11.7. The van der Waals surface area contributed by atoms with Crippen molar-refractivity contribution in [2.45, 2.75) is 32.5 Å². The van der Waals surface area contributed by atoms with Crippen molar-refractivity contribution < 1.29 is 18.0 Å². The lowest BCUT2D eigenvalue weighted by molar-refractivity contribution is -0.142. The minimum Gasteiger partial charge on any atom is -0.348 e. The molecule has 1 unspecified atom stereocenters. The lowest BCUT2D eigenvalue weighted by Gasteiger charge is -2.11.